The van der Waals surface area contributed by atoms with Gasteiger partial charge in [0.05, 0.1) is 4.91 Å². The predicted octanol–water partition coefficient (Wildman–Crippen LogP) is 8.31. The number of para-hydroxylation sites is 4. The van der Waals surface area contributed by atoms with Crippen molar-refractivity contribution in [3.05, 3.63) is 180 Å². The number of anilines is 10. The zero-order valence-corrected chi connectivity index (χ0v) is 35.0. The predicted molar refractivity (Wildman–Crippen MR) is 246 cm³/mol. The third-order valence-electron chi connectivity index (χ3n) is 9.32. The Balaban J connectivity index is 1.24. The Morgan fingerprint density at radius 1 is 0.453 bits per heavy atom. The minimum absolute atomic E-state index is 0.00566. The van der Waals surface area contributed by atoms with Crippen molar-refractivity contribution in [2.24, 2.45) is 0 Å². The number of rotatable bonds is 16. The number of hydrogen-bond donors (Lipinski definition) is 8. The van der Waals surface area contributed by atoms with E-state index in [-0.39, 0.29) is 46.8 Å². The highest BCUT2D eigenvalue weighted by molar-refractivity contribution is 7.89. The highest BCUT2D eigenvalue weighted by atomic mass is 32.2. The summed E-state index contributed by atoms with van der Waals surface area (Å²) in [6.07, 6.45) is 5.07. The van der Waals surface area contributed by atoms with Crippen LogP contribution < -0.4 is 31.9 Å². The molecule has 0 spiro atoms. The van der Waals surface area contributed by atoms with Crippen LogP contribution >= 0.6 is 0 Å². The number of allylic oxidation sites excluding steroid dienone is 3. The van der Waals surface area contributed by atoms with Gasteiger partial charge in [-0.15, -0.1) is 0 Å². The van der Waals surface area contributed by atoms with Gasteiger partial charge in [-0.1, -0.05) is 109 Å². The summed E-state index contributed by atoms with van der Waals surface area (Å²) in [6, 6.07) is 42.3. The molecule has 1 aliphatic rings. The Hall–Kier alpha value is -8.04. The monoisotopic (exact) mass is 894 g/mol. The van der Waals surface area contributed by atoms with Gasteiger partial charge in [0, 0.05) is 29.2 Å². The van der Waals surface area contributed by atoms with Gasteiger partial charge in [0.15, 0.2) is 0 Å². The van der Waals surface area contributed by atoms with Crippen molar-refractivity contribution in [3.63, 3.8) is 0 Å². The fraction of sp³-hybridized carbons (Fsp3) is 0.0455. The van der Waals surface area contributed by atoms with Crippen LogP contribution in [0.15, 0.2) is 179 Å². The summed E-state index contributed by atoms with van der Waals surface area (Å²) in [5.74, 6) is 0.360. The molecule has 0 unspecified atom stereocenters. The van der Waals surface area contributed by atoms with Gasteiger partial charge < -0.3 is 31.9 Å². The van der Waals surface area contributed by atoms with E-state index in [1.165, 1.54) is 36.4 Å². The van der Waals surface area contributed by atoms with Crippen molar-refractivity contribution in [1.82, 2.24) is 29.9 Å². The van der Waals surface area contributed by atoms with E-state index in [1.807, 2.05) is 121 Å². The topological polar surface area (TPSA) is 258 Å². The smallest absolute Gasteiger partial charge is 0.295 e. The van der Waals surface area contributed by atoms with E-state index in [0.717, 1.165) is 0 Å². The van der Waals surface area contributed by atoms with Crippen molar-refractivity contribution in [2.45, 2.75) is 17.0 Å². The average molecular weight is 895 g/mol. The summed E-state index contributed by atoms with van der Waals surface area (Å²) < 4.78 is 71.7. The van der Waals surface area contributed by atoms with Crippen LogP contribution in [0.3, 0.4) is 0 Å². The molecule has 0 aliphatic heterocycles. The van der Waals surface area contributed by atoms with Gasteiger partial charge in [0.2, 0.25) is 35.7 Å². The maximum Gasteiger partial charge on any atom is 0.295 e. The molecule has 8 rings (SSSR count). The molecule has 2 aromatic heterocycles. The quantitative estimate of drug-likeness (QED) is 0.0335. The fourth-order valence-electron chi connectivity index (χ4n) is 6.45. The normalized spacial score (nSPS) is 13.6. The minimum atomic E-state index is -5.00. The van der Waals surface area contributed by atoms with E-state index >= 15 is 0 Å². The first-order chi connectivity index (χ1) is 30.9. The zero-order chi connectivity index (χ0) is 44.6. The molecule has 0 fully saturated rings. The molecule has 0 saturated heterocycles. The summed E-state index contributed by atoms with van der Waals surface area (Å²) >= 11 is 0. The molecule has 322 valence electrons. The third kappa shape index (κ3) is 11.1. The second-order valence-corrected chi connectivity index (χ2v) is 16.8. The van der Waals surface area contributed by atoms with Crippen LogP contribution in [0.4, 0.5) is 58.4 Å². The molecule has 64 heavy (non-hydrogen) atoms. The van der Waals surface area contributed by atoms with E-state index in [9.17, 15) is 25.9 Å². The second-order valence-electron chi connectivity index (χ2n) is 14.0. The molecule has 0 radical (unpaired) electrons. The number of hydrogen-bond acceptors (Lipinski definition) is 16. The first kappa shape index (κ1) is 42.6. The molecule has 8 N–H and O–H groups in total. The molecule has 0 saturated carbocycles. The van der Waals surface area contributed by atoms with Gasteiger partial charge in [0.1, 0.15) is 10.6 Å². The fourth-order valence-corrected chi connectivity index (χ4v) is 7.98. The standard InChI is InChI=1S/C44H38N12O6S2/c57-63(58,59)36-24-14-13-15-30(36)25-26-31-27-28-44(29-37(31)64(60,61)62,55-42-51-38(45-32-16-5-1-6-17-32)49-39(52-42)46-33-18-7-2-8-19-33)56-43-53-40(47-34-20-9-3-10-21-34)50-41(54-43)48-35-22-11-4-12-23-35/h1-28H,29H2,(H,57,58,59)(H,60,61,62)(H3,45,46,49,51,52,55)(H3,47,48,50,53,54,56). The van der Waals surface area contributed by atoms with E-state index < -0.39 is 42.1 Å². The van der Waals surface area contributed by atoms with Crippen LogP contribution in [0.25, 0.3) is 6.08 Å². The van der Waals surface area contributed by atoms with E-state index in [1.54, 1.807) is 12.1 Å². The van der Waals surface area contributed by atoms with Gasteiger partial charge in [-0.2, -0.15) is 46.7 Å². The molecule has 0 atom stereocenters. The van der Waals surface area contributed by atoms with Crippen molar-refractivity contribution in [3.8, 4) is 0 Å². The molecule has 20 heteroatoms. The SMILES string of the molecule is O=S(=O)(O)C1=C(C=Cc2ccccc2S(=O)(=O)O)C=CC(Nc2nc(Nc3ccccc3)nc(Nc3ccccc3)n2)(Nc2nc(Nc3ccccc3)nc(Nc3ccccc3)n2)C1. The van der Waals surface area contributed by atoms with Crippen molar-refractivity contribution in [1.29, 1.82) is 0 Å². The van der Waals surface area contributed by atoms with Gasteiger partial charge >= 0.3 is 0 Å². The van der Waals surface area contributed by atoms with E-state index in [4.69, 9.17) is 0 Å². The van der Waals surface area contributed by atoms with Crippen LogP contribution in [0.2, 0.25) is 0 Å². The van der Waals surface area contributed by atoms with Crippen LogP contribution in [0, 0.1) is 0 Å². The van der Waals surface area contributed by atoms with Crippen molar-refractivity contribution >= 4 is 84.8 Å². The van der Waals surface area contributed by atoms with Crippen LogP contribution in [0.5, 0.6) is 0 Å². The number of aromatic nitrogens is 6. The van der Waals surface area contributed by atoms with E-state index in [2.05, 4.69) is 61.8 Å². The van der Waals surface area contributed by atoms with Crippen LogP contribution in [0.1, 0.15) is 12.0 Å². The van der Waals surface area contributed by atoms with E-state index in [0.29, 0.717) is 22.7 Å². The third-order valence-corrected chi connectivity index (χ3v) is 11.3. The minimum Gasteiger partial charge on any atom is -0.328 e. The van der Waals surface area contributed by atoms with Crippen LogP contribution in [-0.2, 0) is 20.2 Å². The molecule has 0 bridgehead atoms. The second kappa shape index (κ2) is 18.5. The first-order valence-electron chi connectivity index (χ1n) is 19.4. The van der Waals surface area contributed by atoms with Gasteiger partial charge in [-0.05, 0) is 71.8 Å². The van der Waals surface area contributed by atoms with Crippen molar-refractivity contribution in [2.75, 3.05) is 31.9 Å². The molecule has 2 heterocycles. The molecule has 7 aromatic rings. The first-order valence-corrected chi connectivity index (χ1v) is 22.3. The molecule has 0 amide bonds. The maximum atomic E-state index is 13.4. The highest BCUT2D eigenvalue weighted by Crippen LogP contribution is 2.35. The summed E-state index contributed by atoms with van der Waals surface area (Å²) in [4.78, 5) is 26.9. The maximum absolute atomic E-state index is 13.4. The molecular formula is C44H38N12O6S2. The Labute approximate surface area is 367 Å². The highest BCUT2D eigenvalue weighted by Gasteiger charge is 2.38. The molecule has 18 nitrogen and oxygen atoms in total. The Bertz CT molecular complexity index is 2840. The lowest BCUT2D eigenvalue weighted by Gasteiger charge is -2.36. The lowest BCUT2D eigenvalue weighted by Crippen LogP contribution is -2.47. The summed E-state index contributed by atoms with van der Waals surface area (Å²) in [6.45, 7) is 0. The summed E-state index contributed by atoms with van der Waals surface area (Å²) in [7, 11) is -9.64. The Morgan fingerprint density at radius 3 is 1.19 bits per heavy atom. The van der Waals surface area contributed by atoms with Crippen LogP contribution in [-0.4, -0.2) is 61.5 Å². The lowest BCUT2D eigenvalue weighted by molar-refractivity contribution is 0.481. The van der Waals surface area contributed by atoms with Gasteiger partial charge in [-0.3, -0.25) is 9.11 Å². The Kier molecular flexibility index (Phi) is 12.3. The molecule has 5 aromatic carbocycles. The number of nitrogens with one attached hydrogen (secondary N) is 6. The number of benzene rings is 5. The van der Waals surface area contributed by atoms with Gasteiger partial charge in [0.25, 0.3) is 20.2 Å². The van der Waals surface area contributed by atoms with Crippen molar-refractivity contribution < 1.29 is 25.9 Å². The average Bonchev–Trinajstić information content (AvgIpc) is 3.27. The van der Waals surface area contributed by atoms with Gasteiger partial charge in [-0.25, -0.2) is 0 Å². The molecule has 1 aliphatic carbocycles. The summed E-state index contributed by atoms with van der Waals surface area (Å²) in [5.41, 5.74) is 0.997. The summed E-state index contributed by atoms with van der Waals surface area (Å²) in [5, 5.41) is 19.2. The largest absolute Gasteiger partial charge is 0.328 e. The number of nitrogens with zero attached hydrogens (tertiary/aromatic N) is 6. The molecular weight excluding hydrogens is 857 g/mol. The lowest BCUT2D eigenvalue weighted by atomic mass is 9.95. The Morgan fingerprint density at radius 2 is 0.812 bits per heavy atom. The zero-order valence-electron chi connectivity index (χ0n) is 33.4.